The minimum Gasteiger partial charge on any atom is -0.504 e. The van der Waals surface area contributed by atoms with E-state index >= 15 is 0 Å². The molecule has 0 aromatic heterocycles. The number of ether oxygens (including phenoxy) is 2. The lowest BCUT2D eigenvalue weighted by atomic mass is 10.1. The fraction of sp³-hybridized carbons (Fsp3) is 0.571. The Kier molecular flexibility index (Phi) is 4.44. The maximum atomic E-state index is 9.56. The van der Waals surface area contributed by atoms with Crippen LogP contribution >= 0.6 is 0 Å². The lowest BCUT2D eigenvalue weighted by Gasteiger charge is -2.31. The SMILES string of the molecule is COc1cc(CN2CCCC(OC)C2)ccc1O. The van der Waals surface area contributed by atoms with Gasteiger partial charge in [0.2, 0.25) is 0 Å². The van der Waals surface area contributed by atoms with Gasteiger partial charge in [-0.15, -0.1) is 0 Å². The van der Waals surface area contributed by atoms with E-state index < -0.39 is 0 Å². The van der Waals surface area contributed by atoms with Crippen LogP contribution in [0.2, 0.25) is 0 Å². The van der Waals surface area contributed by atoms with E-state index in [-0.39, 0.29) is 5.75 Å². The number of hydrogen-bond acceptors (Lipinski definition) is 4. The molecule has 2 rings (SSSR count). The van der Waals surface area contributed by atoms with E-state index in [0.29, 0.717) is 11.9 Å². The number of rotatable bonds is 4. The summed E-state index contributed by atoms with van der Waals surface area (Å²) in [6.07, 6.45) is 2.66. The van der Waals surface area contributed by atoms with E-state index in [0.717, 1.165) is 31.6 Å². The molecular formula is C14H21NO3. The summed E-state index contributed by atoms with van der Waals surface area (Å²) in [5.74, 6) is 0.725. The standard InChI is InChI=1S/C14H21NO3/c1-17-12-4-3-7-15(10-12)9-11-5-6-13(16)14(8-11)18-2/h5-6,8,12,16H,3-4,7,9-10H2,1-2H3. The second-order valence-corrected chi connectivity index (χ2v) is 4.74. The number of nitrogens with zero attached hydrogens (tertiary/aromatic N) is 1. The highest BCUT2D eigenvalue weighted by atomic mass is 16.5. The lowest BCUT2D eigenvalue weighted by Crippen LogP contribution is -2.38. The molecule has 0 saturated carbocycles. The van der Waals surface area contributed by atoms with Gasteiger partial charge in [-0.1, -0.05) is 6.07 Å². The third-order valence-electron chi connectivity index (χ3n) is 3.45. The van der Waals surface area contributed by atoms with Crippen LogP contribution in [0.25, 0.3) is 0 Å². The summed E-state index contributed by atoms with van der Waals surface area (Å²) in [7, 11) is 3.35. The third-order valence-corrected chi connectivity index (χ3v) is 3.45. The van der Waals surface area contributed by atoms with Crippen LogP contribution in [0.15, 0.2) is 18.2 Å². The van der Waals surface area contributed by atoms with Crippen molar-refractivity contribution in [3.8, 4) is 11.5 Å². The second kappa shape index (κ2) is 6.07. The van der Waals surface area contributed by atoms with Gasteiger partial charge in [-0.05, 0) is 37.1 Å². The molecule has 0 aliphatic carbocycles. The molecular weight excluding hydrogens is 230 g/mol. The van der Waals surface area contributed by atoms with Crippen molar-refractivity contribution >= 4 is 0 Å². The van der Waals surface area contributed by atoms with Crippen LogP contribution in [0.1, 0.15) is 18.4 Å². The minimum atomic E-state index is 0.190. The summed E-state index contributed by atoms with van der Waals surface area (Å²) >= 11 is 0. The Morgan fingerprint density at radius 2 is 2.22 bits per heavy atom. The van der Waals surface area contributed by atoms with E-state index in [1.807, 2.05) is 12.1 Å². The summed E-state index contributed by atoms with van der Waals surface area (Å²) in [6, 6.07) is 5.52. The molecule has 1 fully saturated rings. The first-order chi connectivity index (χ1) is 8.72. The first kappa shape index (κ1) is 13.2. The molecule has 1 heterocycles. The van der Waals surface area contributed by atoms with E-state index in [2.05, 4.69) is 4.90 Å². The predicted molar refractivity (Wildman–Crippen MR) is 70.0 cm³/mol. The van der Waals surface area contributed by atoms with E-state index in [4.69, 9.17) is 9.47 Å². The zero-order valence-electron chi connectivity index (χ0n) is 11.1. The zero-order valence-corrected chi connectivity index (χ0v) is 11.1. The highest BCUT2D eigenvalue weighted by Crippen LogP contribution is 2.27. The summed E-state index contributed by atoms with van der Waals surface area (Å²) in [4.78, 5) is 2.38. The van der Waals surface area contributed by atoms with Gasteiger partial charge in [0.05, 0.1) is 13.2 Å². The van der Waals surface area contributed by atoms with Crippen LogP contribution in [0.5, 0.6) is 11.5 Å². The molecule has 4 nitrogen and oxygen atoms in total. The Balaban J connectivity index is 2.00. The van der Waals surface area contributed by atoms with Crippen LogP contribution in [0, 0.1) is 0 Å². The molecule has 1 saturated heterocycles. The van der Waals surface area contributed by atoms with Gasteiger partial charge in [0, 0.05) is 20.2 Å². The van der Waals surface area contributed by atoms with Crippen LogP contribution < -0.4 is 4.74 Å². The van der Waals surface area contributed by atoms with E-state index in [1.165, 1.54) is 6.42 Å². The molecule has 1 aliphatic rings. The number of benzene rings is 1. The monoisotopic (exact) mass is 251 g/mol. The molecule has 0 radical (unpaired) electrons. The summed E-state index contributed by atoms with van der Waals surface area (Å²) in [5, 5.41) is 9.56. The van der Waals surface area contributed by atoms with Crippen molar-refractivity contribution in [2.75, 3.05) is 27.3 Å². The predicted octanol–water partition coefficient (Wildman–Crippen LogP) is 2.01. The normalized spacial score (nSPS) is 20.9. The van der Waals surface area contributed by atoms with Crippen molar-refractivity contribution in [1.29, 1.82) is 0 Å². The largest absolute Gasteiger partial charge is 0.504 e. The number of phenolic OH excluding ortho intramolecular Hbond substituents is 1. The van der Waals surface area contributed by atoms with E-state index in [1.54, 1.807) is 20.3 Å². The fourth-order valence-electron chi connectivity index (χ4n) is 2.43. The highest BCUT2D eigenvalue weighted by molar-refractivity contribution is 5.41. The first-order valence-corrected chi connectivity index (χ1v) is 6.34. The molecule has 0 spiro atoms. The Hall–Kier alpha value is -1.26. The van der Waals surface area contributed by atoms with Crippen LogP contribution in [-0.4, -0.2) is 43.4 Å². The fourth-order valence-corrected chi connectivity index (χ4v) is 2.43. The Morgan fingerprint density at radius 3 is 2.94 bits per heavy atom. The molecule has 18 heavy (non-hydrogen) atoms. The van der Waals surface area contributed by atoms with Crippen molar-refractivity contribution < 1.29 is 14.6 Å². The highest BCUT2D eigenvalue weighted by Gasteiger charge is 2.19. The Labute approximate surface area is 108 Å². The van der Waals surface area contributed by atoms with Gasteiger partial charge in [-0.25, -0.2) is 0 Å². The van der Waals surface area contributed by atoms with Gasteiger partial charge in [0.1, 0.15) is 0 Å². The zero-order chi connectivity index (χ0) is 13.0. The quantitative estimate of drug-likeness (QED) is 0.889. The van der Waals surface area contributed by atoms with Crippen molar-refractivity contribution in [2.24, 2.45) is 0 Å². The maximum absolute atomic E-state index is 9.56. The third kappa shape index (κ3) is 3.15. The van der Waals surface area contributed by atoms with Gasteiger partial charge in [0.15, 0.2) is 11.5 Å². The van der Waals surface area contributed by atoms with Crippen LogP contribution in [-0.2, 0) is 11.3 Å². The molecule has 100 valence electrons. The first-order valence-electron chi connectivity index (χ1n) is 6.34. The van der Waals surface area contributed by atoms with Gasteiger partial charge in [0.25, 0.3) is 0 Å². The van der Waals surface area contributed by atoms with Crippen molar-refractivity contribution in [1.82, 2.24) is 4.90 Å². The van der Waals surface area contributed by atoms with Crippen LogP contribution in [0.3, 0.4) is 0 Å². The van der Waals surface area contributed by atoms with Gasteiger partial charge in [-0.2, -0.15) is 0 Å². The molecule has 1 aromatic rings. The summed E-state index contributed by atoms with van der Waals surface area (Å²) in [6.45, 7) is 2.94. The summed E-state index contributed by atoms with van der Waals surface area (Å²) in [5.41, 5.74) is 1.15. The van der Waals surface area contributed by atoms with Crippen molar-refractivity contribution in [3.63, 3.8) is 0 Å². The average Bonchev–Trinajstić information content (AvgIpc) is 2.41. The molecule has 0 bridgehead atoms. The number of aromatic hydroxyl groups is 1. The van der Waals surface area contributed by atoms with Crippen molar-refractivity contribution in [2.45, 2.75) is 25.5 Å². The molecule has 1 unspecified atom stereocenters. The number of likely N-dealkylation sites (tertiary alicyclic amines) is 1. The minimum absolute atomic E-state index is 0.190. The number of hydrogen-bond donors (Lipinski definition) is 1. The van der Waals surface area contributed by atoms with E-state index in [9.17, 15) is 5.11 Å². The Morgan fingerprint density at radius 1 is 1.39 bits per heavy atom. The number of methoxy groups -OCH3 is 2. The average molecular weight is 251 g/mol. The molecule has 0 amide bonds. The van der Waals surface area contributed by atoms with Gasteiger partial charge in [-0.3, -0.25) is 4.90 Å². The topological polar surface area (TPSA) is 41.9 Å². The molecule has 4 heteroatoms. The smallest absolute Gasteiger partial charge is 0.160 e. The van der Waals surface area contributed by atoms with Gasteiger partial charge >= 0.3 is 0 Å². The van der Waals surface area contributed by atoms with Gasteiger partial charge < -0.3 is 14.6 Å². The second-order valence-electron chi connectivity index (χ2n) is 4.74. The Bertz CT molecular complexity index is 395. The van der Waals surface area contributed by atoms with Crippen LogP contribution in [0.4, 0.5) is 0 Å². The summed E-state index contributed by atoms with van der Waals surface area (Å²) < 4.78 is 10.5. The maximum Gasteiger partial charge on any atom is 0.160 e. The number of piperidine rings is 1. The molecule has 1 aliphatic heterocycles. The van der Waals surface area contributed by atoms with Crippen molar-refractivity contribution in [3.05, 3.63) is 23.8 Å². The lowest BCUT2D eigenvalue weighted by molar-refractivity contribution is 0.0285. The number of phenols is 1. The molecule has 1 atom stereocenters. The molecule has 1 aromatic carbocycles. The molecule has 1 N–H and O–H groups in total.